The van der Waals surface area contributed by atoms with Gasteiger partial charge >= 0.3 is 0 Å². The molecule has 0 heterocycles. The Morgan fingerprint density at radius 1 is 1.50 bits per heavy atom. The molecule has 0 spiro atoms. The maximum absolute atomic E-state index is 11.7. The third-order valence-corrected chi connectivity index (χ3v) is 3.34. The fourth-order valence-corrected chi connectivity index (χ4v) is 1.69. The zero-order valence-electron chi connectivity index (χ0n) is 9.78. The van der Waals surface area contributed by atoms with Gasteiger partial charge in [-0.05, 0) is 25.2 Å². The van der Waals surface area contributed by atoms with Crippen molar-refractivity contribution in [3.63, 3.8) is 0 Å². The van der Waals surface area contributed by atoms with Crippen LogP contribution >= 0.6 is 0 Å². The number of amides is 1. The van der Waals surface area contributed by atoms with Gasteiger partial charge in [0.25, 0.3) is 0 Å². The molecule has 5 heteroatoms. The van der Waals surface area contributed by atoms with Gasteiger partial charge in [0.05, 0.1) is 18.8 Å². The Morgan fingerprint density at radius 2 is 2.06 bits per heavy atom. The highest BCUT2D eigenvalue weighted by molar-refractivity contribution is 5.77. The van der Waals surface area contributed by atoms with Crippen molar-refractivity contribution in [3.8, 4) is 0 Å². The first kappa shape index (κ1) is 13.4. The second-order valence-corrected chi connectivity index (χ2v) is 4.70. The first-order chi connectivity index (χ1) is 7.56. The molecular formula is C11H22N2O3. The van der Waals surface area contributed by atoms with Gasteiger partial charge in [-0.25, -0.2) is 0 Å². The van der Waals surface area contributed by atoms with Gasteiger partial charge in [0.15, 0.2) is 0 Å². The van der Waals surface area contributed by atoms with Gasteiger partial charge in [0.1, 0.15) is 0 Å². The molecule has 0 radical (unpaired) electrons. The van der Waals surface area contributed by atoms with Crippen molar-refractivity contribution in [1.29, 1.82) is 0 Å². The number of carbonyl (C=O) groups is 1. The largest absolute Gasteiger partial charge is 0.394 e. The Bertz CT molecular complexity index is 229. The summed E-state index contributed by atoms with van der Waals surface area (Å²) in [5, 5.41) is 21.0. The fraction of sp³-hybridized carbons (Fsp3) is 0.909. The minimum Gasteiger partial charge on any atom is -0.394 e. The van der Waals surface area contributed by atoms with Crippen molar-refractivity contribution >= 4 is 5.91 Å². The Balaban J connectivity index is 2.41. The number of carbonyl (C=O) groups excluding carboxylic acids is 1. The molecule has 1 unspecified atom stereocenters. The molecular weight excluding hydrogens is 208 g/mol. The standard InChI is InChI=1S/C11H22N2O3/c1-2-11(6-14,7-15)13-10(16)5-9(12)8-3-4-8/h8-9,14-15H,2-7,12H2,1H3,(H,13,16). The molecule has 16 heavy (non-hydrogen) atoms. The van der Waals surface area contributed by atoms with Gasteiger partial charge in [-0.15, -0.1) is 0 Å². The summed E-state index contributed by atoms with van der Waals surface area (Å²) in [7, 11) is 0. The molecule has 1 aliphatic rings. The molecule has 94 valence electrons. The fourth-order valence-electron chi connectivity index (χ4n) is 1.69. The molecule has 0 aromatic carbocycles. The zero-order chi connectivity index (χ0) is 12.2. The normalized spacial score (nSPS) is 18.2. The van der Waals surface area contributed by atoms with Crippen molar-refractivity contribution < 1.29 is 15.0 Å². The molecule has 1 fully saturated rings. The summed E-state index contributed by atoms with van der Waals surface area (Å²) < 4.78 is 0. The van der Waals surface area contributed by atoms with E-state index in [9.17, 15) is 15.0 Å². The lowest BCUT2D eigenvalue weighted by atomic mass is 9.97. The van der Waals surface area contributed by atoms with Gasteiger partial charge < -0.3 is 21.3 Å². The average Bonchev–Trinajstić information content (AvgIpc) is 3.09. The van der Waals surface area contributed by atoms with Crippen LogP contribution in [0.3, 0.4) is 0 Å². The van der Waals surface area contributed by atoms with Crippen LogP contribution in [0.1, 0.15) is 32.6 Å². The van der Waals surface area contributed by atoms with Gasteiger partial charge in [0.2, 0.25) is 5.91 Å². The third-order valence-electron chi connectivity index (χ3n) is 3.34. The van der Waals surface area contributed by atoms with E-state index in [0.717, 1.165) is 12.8 Å². The summed E-state index contributed by atoms with van der Waals surface area (Å²) in [6, 6.07) is -0.0908. The average molecular weight is 230 g/mol. The van der Waals surface area contributed by atoms with E-state index >= 15 is 0 Å². The van der Waals surface area contributed by atoms with Crippen LogP contribution in [0.4, 0.5) is 0 Å². The highest BCUT2D eigenvalue weighted by atomic mass is 16.3. The minimum absolute atomic E-state index is 0.0908. The van der Waals surface area contributed by atoms with Crippen LogP contribution in [0.15, 0.2) is 0 Å². The molecule has 1 saturated carbocycles. The van der Waals surface area contributed by atoms with Crippen LogP contribution < -0.4 is 11.1 Å². The second kappa shape index (κ2) is 5.61. The van der Waals surface area contributed by atoms with E-state index < -0.39 is 5.54 Å². The highest BCUT2D eigenvalue weighted by Gasteiger charge is 2.33. The molecule has 0 bridgehead atoms. The van der Waals surface area contributed by atoms with Gasteiger partial charge in [-0.3, -0.25) is 4.79 Å². The molecule has 1 atom stereocenters. The Kier molecular flexibility index (Phi) is 4.70. The van der Waals surface area contributed by atoms with Crippen molar-refractivity contribution in [2.45, 2.75) is 44.2 Å². The van der Waals surface area contributed by atoms with E-state index in [1.165, 1.54) is 0 Å². The first-order valence-electron chi connectivity index (χ1n) is 5.85. The monoisotopic (exact) mass is 230 g/mol. The van der Waals surface area contributed by atoms with Crippen molar-refractivity contribution in [2.24, 2.45) is 11.7 Å². The number of hydrogen-bond acceptors (Lipinski definition) is 4. The lowest BCUT2D eigenvalue weighted by Gasteiger charge is -2.30. The van der Waals surface area contributed by atoms with Crippen molar-refractivity contribution in [3.05, 3.63) is 0 Å². The third kappa shape index (κ3) is 3.43. The number of rotatable bonds is 7. The maximum Gasteiger partial charge on any atom is 0.222 e. The van der Waals surface area contributed by atoms with Crippen molar-refractivity contribution in [2.75, 3.05) is 13.2 Å². The van der Waals surface area contributed by atoms with E-state index in [-0.39, 0.29) is 31.6 Å². The number of nitrogens with two attached hydrogens (primary N) is 1. The first-order valence-corrected chi connectivity index (χ1v) is 5.85. The van der Waals surface area contributed by atoms with E-state index in [1.807, 2.05) is 6.92 Å². The zero-order valence-corrected chi connectivity index (χ0v) is 9.78. The summed E-state index contributed by atoms with van der Waals surface area (Å²) >= 11 is 0. The van der Waals surface area contributed by atoms with Gasteiger partial charge in [-0.2, -0.15) is 0 Å². The molecule has 5 N–H and O–H groups in total. The van der Waals surface area contributed by atoms with Crippen LogP contribution in [0.2, 0.25) is 0 Å². The molecule has 0 aromatic heterocycles. The molecule has 1 amide bonds. The summed E-state index contributed by atoms with van der Waals surface area (Å²) in [4.78, 5) is 11.7. The van der Waals surface area contributed by atoms with E-state index in [0.29, 0.717) is 12.3 Å². The predicted octanol–water partition coefficient (Wildman–Crippen LogP) is -0.637. The van der Waals surface area contributed by atoms with Crippen molar-refractivity contribution in [1.82, 2.24) is 5.32 Å². The molecule has 0 aromatic rings. The van der Waals surface area contributed by atoms with E-state index in [2.05, 4.69) is 5.32 Å². The van der Waals surface area contributed by atoms with Crippen LogP contribution in [0.5, 0.6) is 0 Å². The summed E-state index contributed by atoms with van der Waals surface area (Å²) in [6.45, 7) is 1.29. The van der Waals surface area contributed by atoms with Gasteiger partial charge in [-0.1, -0.05) is 6.92 Å². The summed E-state index contributed by atoms with van der Waals surface area (Å²) in [6.07, 6.45) is 2.97. The van der Waals surface area contributed by atoms with E-state index in [4.69, 9.17) is 5.73 Å². The lowest BCUT2D eigenvalue weighted by Crippen LogP contribution is -2.54. The molecule has 0 saturated heterocycles. The SMILES string of the molecule is CCC(CO)(CO)NC(=O)CC(N)C1CC1. The number of nitrogens with one attached hydrogen (secondary N) is 1. The van der Waals surface area contributed by atoms with Crippen LogP contribution in [-0.4, -0.2) is 40.9 Å². The smallest absolute Gasteiger partial charge is 0.222 e. The summed E-state index contributed by atoms with van der Waals surface area (Å²) in [5.74, 6) is 0.286. The Labute approximate surface area is 96.0 Å². The number of aliphatic hydroxyl groups excluding tert-OH is 2. The molecule has 5 nitrogen and oxygen atoms in total. The Hall–Kier alpha value is -0.650. The van der Waals surface area contributed by atoms with E-state index in [1.54, 1.807) is 0 Å². The number of hydrogen-bond donors (Lipinski definition) is 4. The molecule has 0 aliphatic heterocycles. The molecule has 1 rings (SSSR count). The second-order valence-electron chi connectivity index (χ2n) is 4.70. The Morgan fingerprint density at radius 3 is 2.44 bits per heavy atom. The lowest BCUT2D eigenvalue weighted by molar-refractivity contribution is -0.124. The van der Waals surface area contributed by atoms with Crippen LogP contribution in [0.25, 0.3) is 0 Å². The molecule has 1 aliphatic carbocycles. The topological polar surface area (TPSA) is 95.6 Å². The minimum atomic E-state index is -0.902. The van der Waals surface area contributed by atoms with Crippen LogP contribution in [-0.2, 0) is 4.79 Å². The van der Waals surface area contributed by atoms with Gasteiger partial charge in [0, 0.05) is 12.5 Å². The van der Waals surface area contributed by atoms with Crippen LogP contribution in [0, 0.1) is 5.92 Å². The highest BCUT2D eigenvalue weighted by Crippen LogP contribution is 2.32. The number of aliphatic hydroxyl groups is 2. The maximum atomic E-state index is 11.7. The quantitative estimate of drug-likeness (QED) is 0.468. The summed E-state index contributed by atoms with van der Waals surface area (Å²) in [5.41, 5.74) is 4.93. The predicted molar refractivity (Wildman–Crippen MR) is 60.7 cm³/mol.